The summed E-state index contributed by atoms with van der Waals surface area (Å²) in [4.78, 5) is 12.2. The molecule has 1 saturated heterocycles. The lowest BCUT2D eigenvalue weighted by molar-refractivity contribution is -0.328. The Kier molecular flexibility index (Phi) is 6.35. The van der Waals surface area contributed by atoms with Crippen molar-refractivity contribution in [3.05, 3.63) is 11.1 Å². The molecule has 7 heteroatoms. The van der Waals surface area contributed by atoms with Crippen molar-refractivity contribution in [1.82, 2.24) is 0 Å². The van der Waals surface area contributed by atoms with Gasteiger partial charge in [0.1, 0.15) is 24.4 Å². The highest BCUT2D eigenvalue weighted by Gasteiger charge is 2.48. The molecule has 0 amide bonds. The van der Waals surface area contributed by atoms with Crippen LogP contribution in [0.2, 0.25) is 0 Å². The Balaban J connectivity index is 1.77. The van der Waals surface area contributed by atoms with Crippen LogP contribution >= 0.6 is 0 Å². The van der Waals surface area contributed by atoms with E-state index in [0.717, 1.165) is 24.8 Å². The van der Waals surface area contributed by atoms with Gasteiger partial charge in [-0.05, 0) is 63.4 Å². The summed E-state index contributed by atoms with van der Waals surface area (Å²) in [5, 5.41) is 39.7. The molecule has 0 spiro atoms. The van der Waals surface area contributed by atoms with Gasteiger partial charge in [0.05, 0.1) is 12.2 Å². The van der Waals surface area contributed by atoms with Gasteiger partial charge in [-0.25, -0.2) is 0 Å². The van der Waals surface area contributed by atoms with Crippen LogP contribution in [0.5, 0.6) is 0 Å². The number of carbonyl (C=O) groups is 1. The number of fused-ring (bicyclic) bond motifs is 1. The second kappa shape index (κ2) is 8.13. The standard InChI is InChI=1S/C21H34O7/c1-10-5-6-12(7-14-11(2)15(23)8-13(10)14)21(3,4)28-20-19(26)18(25)17(24)16(9-22)27-20/h10,12-13,16-20,22,24-26H,5-9H2,1-4H3/t10-,12+,13+,16+,17+,18-,19+,20-/m0/s1. The second-order valence-corrected chi connectivity index (χ2v) is 9.26. The number of ether oxygens (including phenoxy) is 2. The van der Waals surface area contributed by atoms with Gasteiger partial charge < -0.3 is 29.9 Å². The molecular formula is C21H34O7. The maximum absolute atomic E-state index is 12.2. The van der Waals surface area contributed by atoms with Crippen molar-refractivity contribution in [2.24, 2.45) is 17.8 Å². The van der Waals surface area contributed by atoms with Crippen LogP contribution in [0, 0.1) is 17.8 Å². The van der Waals surface area contributed by atoms with Gasteiger partial charge in [-0.15, -0.1) is 0 Å². The first kappa shape index (κ1) is 21.9. The van der Waals surface area contributed by atoms with E-state index in [0.29, 0.717) is 18.3 Å². The van der Waals surface area contributed by atoms with Crippen LogP contribution in [0.4, 0.5) is 0 Å². The van der Waals surface area contributed by atoms with Crippen molar-refractivity contribution < 1.29 is 34.7 Å². The highest BCUT2D eigenvalue weighted by Crippen LogP contribution is 2.47. The first-order valence-corrected chi connectivity index (χ1v) is 10.3. The summed E-state index contributed by atoms with van der Waals surface area (Å²) in [5.74, 6) is 1.09. The Labute approximate surface area is 166 Å². The fourth-order valence-corrected chi connectivity index (χ4v) is 4.97. The molecule has 1 saturated carbocycles. The van der Waals surface area contributed by atoms with E-state index in [1.807, 2.05) is 20.8 Å². The minimum atomic E-state index is -1.46. The summed E-state index contributed by atoms with van der Waals surface area (Å²) in [6.45, 7) is 7.48. The maximum Gasteiger partial charge on any atom is 0.187 e. The summed E-state index contributed by atoms with van der Waals surface area (Å²) < 4.78 is 11.7. The van der Waals surface area contributed by atoms with E-state index >= 15 is 0 Å². The first-order chi connectivity index (χ1) is 13.1. The molecule has 0 unspecified atom stereocenters. The summed E-state index contributed by atoms with van der Waals surface area (Å²) in [6.07, 6.45) is -3.14. The highest BCUT2D eigenvalue weighted by molar-refractivity contribution is 5.98. The topological polar surface area (TPSA) is 116 Å². The van der Waals surface area contributed by atoms with Gasteiger partial charge >= 0.3 is 0 Å². The molecule has 2 fully saturated rings. The first-order valence-electron chi connectivity index (χ1n) is 10.3. The largest absolute Gasteiger partial charge is 0.394 e. The van der Waals surface area contributed by atoms with Crippen LogP contribution in [0.15, 0.2) is 11.1 Å². The average Bonchev–Trinajstić information content (AvgIpc) is 2.82. The van der Waals surface area contributed by atoms with E-state index < -0.39 is 42.9 Å². The van der Waals surface area contributed by atoms with Crippen LogP contribution in [0.1, 0.15) is 53.4 Å². The predicted octanol–water partition coefficient (Wildman–Crippen LogP) is 0.923. The highest BCUT2D eigenvalue weighted by atomic mass is 16.7. The molecule has 3 rings (SSSR count). The Morgan fingerprint density at radius 1 is 1.11 bits per heavy atom. The van der Waals surface area contributed by atoms with E-state index in [9.17, 15) is 25.2 Å². The summed E-state index contributed by atoms with van der Waals surface area (Å²) in [6, 6.07) is 0. The fourth-order valence-electron chi connectivity index (χ4n) is 4.97. The molecule has 160 valence electrons. The van der Waals surface area contributed by atoms with Gasteiger partial charge in [-0.3, -0.25) is 4.79 Å². The lowest BCUT2D eigenvalue weighted by atomic mass is 9.82. The molecule has 4 N–H and O–H groups in total. The zero-order valence-electron chi connectivity index (χ0n) is 17.2. The third-order valence-electron chi connectivity index (χ3n) is 7.13. The minimum Gasteiger partial charge on any atom is -0.394 e. The SMILES string of the molecule is CC1=C2C[C@H](C(C)(C)O[C@@H]3O[C@H](CO)[C@@H](O)[C@H](O)[C@H]3O)CC[C@H](C)[C@H]2CC1=O. The minimum absolute atomic E-state index is 0.114. The molecule has 8 atom stereocenters. The Bertz CT molecular complexity index is 626. The van der Waals surface area contributed by atoms with E-state index in [4.69, 9.17) is 9.47 Å². The van der Waals surface area contributed by atoms with Crippen LogP contribution < -0.4 is 0 Å². The van der Waals surface area contributed by atoms with Gasteiger partial charge in [0.2, 0.25) is 0 Å². The number of allylic oxidation sites excluding steroid dienone is 2. The molecule has 3 aliphatic rings. The van der Waals surface area contributed by atoms with Crippen LogP contribution in [-0.2, 0) is 14.3 Å². The quantitative estimate of drug-likeness (QED) is 0.556. The number of hydrogen-bond acceptors (Lipinski definition) is 7. The number of rotatable bonds is 4. The molecule has 0 aromatic rings. The van der Waals surface area contributed by atoms with Crippen molar-refractivity contribution in [2.75, 3.05) is 6.61 Å². The lowest BCUT2D eigenvalue weighted by Crippen LogP contribution is -2.60. The van der Waals surface area contributed by atoms with Crippen LogP contribution in [0.25, 0.3) is 0 Å². The monoisotopic (exact) mass is 398 g/mol. The Hall–Kier alpha value is -0.830. The molecule has 2 aliphatic carbocycles. The van der Waals surface area contributed by atoms with Gasteiger partial charge in [0.25, 0.3) is 0 Å². The number of hydrogen-bond donors (Lipinski definition) is 4. The molecular weight excluding hydrogens is 364 g/mol. The average molecular weight is 398 g/mol. The maximum atomic E-state index is 12.2. The Morgan fingerprint density at radius 3 is 2.43 bits per heavy atom. The van der Waals surface area contributed by atoms with Crippen molar-refractivity contribution >= 4 is 5.78 Å². The summed E-state index contributed by atoms with van der Waals surface area (Å²) in [5.41, 5.74) is 1.42. The molecule has 0 aromatic carbocycles. The van der Waals surface area contributed by atoms with E-state index in [1.54, 1.807) is 0 Å². The third kappa shape index (κ3) is 3.93. The molecule has 1 aliphatic heterocycles. The van der Waals surface area contributed by atoms with Crippen LogP contribution in [-0.4, -0.2) is 69.1 Å². The van der Waals surface area contributed by atoms with E-state index in [2.05, 4.69) is 6.92 Å². The zero-order valence-corrected chi connectivity index (χ0v) is 17.2. The van der Waals surface area contributed by atoms with Crippen molar-refractivity contribution in [2.45, 2.75) is 89.7 Å². The number of aliphatic hydroxyl groups is 4. The van der Waals surface area contributed by atoms with E-state index in [1.165, 1.54) is 5.57 Å². The normalized spacial score (nSPS) is 42.5. The predicted molar refractivity (Wildman–Crippen MR) is 101 cm³/mol. The van der Waals surface area contributed by atoms with Crippen LogP contribution in [0.3, 0.4) is 0 Å². The Morgan fingerprint density at radius 2 is 1.79 bits per heavy atom. The number of carbonyl (C=O) groups excluding carboxylic acids is 1. The molecule has 1 heterocycles. The molecule has 7 nitrogen and oxygen atoms in total. The molecule has 28 heavy (non-hydrogen) atoms. The second-order valence-electron chi connectivity index (χ2n) is 9.26. The fraction of sp³-hybridized carbons (Fsp3) is 0.857. The van der Waals surface area contributed by atoms with Gasteiger partial charge in [0.15, 0.2) is 12.1 Å². The molecule has 0 radical (unpaired) electrons. The number of aliphatic hydroxyl groups excluding tert-OH is 4. The van der Waals surface area contributed by atoms with Gasteiger partial charge in [0, 0.05) is 6.42 Å². The van der Waals surface area contributed by atoms with Gasteiger partial charge in [-0.2, -0.15) is 0 Å². The zero-order chi connectivity index (χ0) is 20.8. The summed E-state index contributed by atoms with van der Waals surface area (Å²) in [7, 11) is 0. The molecule has 0 aromatic heterocycles. The van der Waals surface area contributed by atoms with Crippen molar-refractivity contribution in [3.63, 3.8) is 0 Å². The summed E-state index contributed by atoms with van der Waals surface area (Å²) >= 11 is 0. The molecule has 0 bridgehead atoms. The van der Waals surface area contributed by atoms with E-state index in [-0.39, 0.29) is 11.7 Å². The third-order valence-corrected chi connectivity index (χ3v) is 7.13. The number of Topliss-reactive ketones (excluding diaryl/α,β-unsaturated/α-hetero) is 1. The lowest BCUT2D eigenvalue weighted by Gasteiger charge is -2.44. The van der Waals surface area contributed by atoms with Crippen molar-refractivity contribution in [3.8, 4) is 0 Å². The number of ketones is 1. The van der Waals surface area contributed by atoms with Crippen molar-refractivity contribution in [1.29, 1.82) is 0 Å². The van der Waals surface area contributed by atoms with Gasteiger partial charge in [-0.1, -0.05) is 12.5 Å². The smallest absolute Gasteiger partial charge is 0.187 e.